The fourth-order valence-electron chi connectivity index (χ4n) is 1.31. The van der Waals surface area contributed by atoms with E-state index in [-0.39, 0.29) is 11.1 Å². The molecule has 0 aliphatic heterocycles. The van der Waals surface area contributed by atoms with E-state index in [0.717, 1.165) is 12.8 Å². The van der Waals surface area contributed by atoms with Crippen molar-refractivity contribution < 1.29 is 24.5 Å². The van der Waals surface area contributed by atoms with Crippen LogP contribution in [0.4, 0.5) is 0 Å². The molecule has 0 amide bonds. The summed E-state index contributed by atoms with van der Waals surface area (Å²) in [4.78, 5) is 21.7. The van der Waals surface area contributed by atoms with E-state index in [4.69, 9.17) is 14.9 Å². The Morgan fingerprint density at radius 3 is 2.35 bits per heavy atom. The fourth-order valence-corrected chi connectivity index (χ4v) is 1.31. The summed E-state index contributed by atoms with van der Waals surface area (Å²) < 4.78 is 5.32. The molecule has 0 aliphatic carbocycles. The number of hydrogen-bond acceptors (Lipinski definition) is 3. The molecule has 92 valence electrons. The van der Waals surface area contributed by atoms with Gasteiger partial charge in [-0.15, -0.1) is 0 Å². The van der Waals surface area contributed by atoms with Crippen LogP contribution in [0.5, 0.6) is 5.75 Å². The first-order valence-corrected chi connectivity index (χ1v) is 5.29. The minimum Gasteiger partial charge on any atom is -0.494 e. The van der Waals surface area contributed by atoms with Crippen molar-refractivity contribution in [3.8, 4) is 5.75 Å². The van der Waals surface area contributed by atoms with Gasteiger partial charge in [0.15, 0.2) is 0 Å². The Kier molecular flexibility index (Phi) is 4.51. The van der Waals surface area contributed by atoms with Crippen LogP contribution in [-0.4, -0.2) is 28.8 Å². The highest BCUT2D eigenvalue weighted by atomic mass is 16.5. The Labute approximate surface area is 98.6 Å². The van der Waals surface area contributed by atoms with Gasteiger partial charge in [0, 0.05) is 0 Å². The number of carboxylic acid groups (broad SMARTS) is 2. The lowest BCUT2D eigenvalue weighted by Crippen LogP contribution is -2.08. The summed E-state index contributed by atoms with van der Waals surface area (Å²) >= 11 is 0. The normalized spacial score (nSPS) is 9.94. The van der Waals surface area contributed by atoms with Gasteiger partial charge in [0.2, 0.25) is 0 Å². The SMILES string of the molecule is CCCCOc1ccc(C(=O)O)c(C(=O)O)c1. The molecule has 1 aromatic rings. The van der Waals surface area contributed by atoms with Crippen molar-refractivity contribution in [1.82, 2.24) is 0 Å². The van der Waals surface area contributed by atoms with E-state index in [1.807, 2.05) is 6.92 Å². The summed E-state index contributed by atoms with van der Waals surface area (Å²) in [7, 11) is 0. The molecule has 1 rings (SSSR count). The van der Waals surface area contributed by atoms with Crippen molar-refractivity contribution in [2.24, 2.45) is 0 Å². The number of ether oxygens (including phenoxy) is 1. The lowest BCUT2D eigenvalue weighted by atomic mass is 10.1. The second-order valence-electron chi connectivity index (χ2n) is 3.52. The molecule has 17 heavy (non-hydrogen) atoms. The molecule has 0 bridgehead atoms. The number of benzene rings is 1. The fraction of sp³-hybridized carbons (Fsp3) is 0.333. The van der Waals surface area contributed by atoms with Gasteiger partial charge >= 0.3 is 11.9 Å². The highest BCUT2D eigenvalue weighted by Crippen LogP contribution is 2.18. The molecule has 1 aromatic carbocycles. The second-order valence-corrected chi connectivity index (χ2v) is 3.52. The molecule has 0 atom stereocenters. The molecular formula is C12H14O5. The Bertz CT molecular complexity index is 425. The quantitative estimate of drug-likeness (QED) is 0.742. The Hall–Kier alpha value is -2.04. The number of carboxylic acids is 2. The van der Waals surface area contributed by atoms with Gasteiger partial charge in [-0.2, -0.15) is 0 Å². The number of aromatic carboxylic acids is 2. The van der Waals surface area contributed by atoms with E-state index in [0.29, 0.717) is 12.4 Å². The summed E-state index contributed by atoms with van der Waals surface area (Å²) in [6.07, 6.45) is 1.84. The zero-order valence-electron chi connectivity index (χ0n) is 9.47. The largest absolute Gasteiger partial charge is 0.494 e. The molecule has 0 fully saturated rings. The maximum absolute atomic E-state index is 10.9. The molecule has 0 spiro atoms. The van der Waals surface area contributed by atoms with E-state index in [2.05, 4.69) is 0 Å². The van der Waals surface area contributed by atoms with E-state index in [1.165, 1.54) is 18.2 Å². The van der Waals surface area contributed by atoms with Crippen molar-refractivity contribution >= 4 is 11.9 Å². The minimum atomic E-state index is -1.27. The molecule has 0 saturated heterocycles. The van der Waals surface area contributed by atoms with Gasteiger partial charge in [-0.25, -0.2) is 9.59 Å². The first-order chi connectivity index (χ1) is 8.06. The summed E-state index contributed by atoms with van der Waals surface area (Å²) in [6.45, 7) is 2.50. The van der Waals surface area contributed by atoms with E-state index in [9.17, 15) is 9.59 Å². The lowest BCUT2D eigenvalue weighted by Gasteiger charge is -2.07. The average Bonchev–Trinajstić information content (AvgIpc) is 2.29. The third kappa shape index (κ3) is 3.48. The van der Waals surface area contributed by atoms with Crippen LogP contribution in [0.15, 0.2) is 18.2 Å². The van der Waals surface area contributed by atoms with E-state index in [1.54, 1.807) is 0 Å². The molecule has 0 aromatic heterocycles. The summed E-state index contributed by atoms with van der Waals surface area (Å²) in [5.41, 5.74) is -0.494. The maximum atomic E-state index is 10.9. The number of unbranched alkanes of at least 4 members (excludes halogenated alkanes) is 1. The molecule has 2 N–H and O–H groups in total. The molecule has 0 heterocycles. The Morgan fingerprint density at radius 2 is 1.82 bits per heavy atom. The first kappa shape index (κ1) is 13.0. The van der Waals surface area contributed by atoms with Crippen LogP contribution in [0.25, 0.3) is 0 Å². The lowest BCUT2D eigenvalue weighted by molar-refractivity contribution is 0.0651. The van der Waals surface area contributed by atoms with E-state index < -0.39 is 11.9 Å². The monoisotopic (exact) mass is 238 g/mol. The maximum Gasteiger partial charge on any atom is 0.336 e. The third-order valence-electron chi connectivity index (χ3n) is 2.22. The van der Waals surface area contributed by atoms with Crippen LogP contribution < -0.4 is 4.74 Å². The highest BCUT2D eigenvalue weighted by Gasteiger charge is 2.16. The Morgan fingerprint density at radius 1 is 1.18 bits per heavy atom. The predicted octanol–water partition coefficient (Wildman–Crippen LogP) is 2.26. The molecule has 0 saturated carbocycles. The number of rotatable bonds is 6. The van der Waals surface area contributed by atoms with Crippen molar-refractivity contribution in [3.63, 3.8) is 0 Å². The van der Waals surface area contributed by atoms with Crippen molar-refractivity contribution in [3.05, 3.63) is 29.3 Å². The standard InChI is InChI=1S/C12H14O5/c1-2-3-6-17-8-4-5-9(11(13)14)10(7-8)12(15)16/h4-5,7H,2-3,6H2,1H3,(H,13,14)(H,15,16). The van der Waals surface area contributed by atoms with Gasteiger partial charge < -0.3 is 14.9 Å². The van der Waals surface area contributed by atoms with Gasteiger partial charge in [-0.05, 0) is 24.6 Å². The van der Waals surface area contributed by atoms with Gasteiger partial charge in [0.1, 0.15) is 5.75 Å². The number of carbonyl (C=O) groups is 2. The smallest absolute Gasteiger partial charge is 0.336 e. The molecular weight excluding hydrogens is 224 g/mol. The third-order valence-corrected chi connectivity index (χ3v) is 2.22. The molecule has 0 aliphatic rings. The predicted molar refractivity (Wildman–Crippen MR) is 60.8 cm³/mol. The van der Waals surface area contributed by atoms with Gasteiger partial charge in [0.05, 0.1) is 17.7 Å². The highest BCUT2D eigenvalue weighted by molar-refractivity contribution is 6.01. The van der Waals surface area contributed by atoms with Gasteiger partial charge in [-0.3, -0.25) is 0 Å². The average molecular weight is 238 g/mol. The molecule has 0 unspecified atom stereocenters. The minimum absolute atomic E-state index is 0.236. The molecule has 5 heteroatoms. The van der Waals surface area contributed by atoms with Crippen LogP contribution >= 0.6 is 0 Å². The molecule has 5 nitrogen and oxygen atoms in total. The number of hydrogen-bond donors (Lipinski definition) is 2. The molecule has 0 radical (unpaired) electrons. The van der Waals surface area contributed by atoms with Crippen molar-refractivity contribution in [1.29, 1.82) is 0 Å². The van der Waals surface area contributed by atoms with Gasteiger partial charge in [0.25, 0.3) is 0 Å². The van der Waals surface area contributed by atoms with Crippen LogP contribution in [0.1, 0.15) is 40.5 Å². The second kappa shape index (κ2) is 5.89. The van der Waals surface area contributed by atoms with Crippen molar-refractivity contribution in [2.75, 3.05) is 6.61 Å². The zero-order chi connectivity index (χ0) is 12.8. The first-order valence-electron chi connectivity index (χ1n) is 5.29. The van der Waals surface area contributed by atoms with Crippen LogP contribution in [0, 0.1) is 0 Å². The summed E-state index contributed by atoms with van der Waals surface area (Å²) in [5.74, 6) is -2.16. The van der Waals surface area contributed by atoms with E-state index >= 15 is 0 Å². The zero-order valence-corrected chi connectivity index (χ0v) is 9.47. The summed E-state index contributed by atoms with van der Waals surface area (Å²) in [6, 6.07) is 3.94. The van der Waals surface area contributed by atoms with Crippen LogP contribution in [0.3, 0.4) is 0 Å². The van der Waals surface area contributed by atoms with Crippen LogP contribution in [-0.2, 0) is 0 Å². The Balaban J connectivity index is 2.94. The van der Waals surface area contributed by atoms with Crippen LogP contribution in [0.2, 0.25) is 0 Å². The van der Waals surface area contributed by atoms with Crippen molar-refractivity contribution in [2.45, 2.75) is 19.8 Å². The summed E-state index contributed by atoms with van der Waals surface area (Å²) in [5, 5.41) is 17.7. The topological polar surface area (TPSA) is 83.8 Å². The van der Waals surface area contributed by atoms with Gasteiger partial charge in [-0.1, -0.05) is 13.3 Å².